The van der Waals surface area contributed by atoms with E-state index in [1.54, 1.807) is 13.8 Å². The molecule has 1 aromatic carbocycles. The van der Waals surface area contributed by atoms with Gasteiger partial charge in [0.25, 0.3) is 0 Å². The molecule has 1 heterocycles. The van der Waals surface area contributed by atoms with E-state index in [9.17, 15) is 4.39 Å². The van der Waals surface area contributed by atoms with Gasteiger partial charge in [0.05, 0.1) is 11.9 Å². The van der Waals surface area contributed by atoms with Gasteiger partial charge < -0.3 is 5.73 Å². The van der Waals surface area contributed by atoms with Crippen molar-refractivity contribution in [2.45, 2.75) is 19.5 Å². The first kappa shape index (κ1) is 12.7. The van der Waals surface area contributed by atoms with E-state index in [-0.39, 0.29) is 12.5 Å². The number of alkyl halides is 1. The van der Waals surface area contributed by atoms with Gasteiger partial charge in [-0.3, -0.25) is 0 Å². The van der Waals surface area contributed by atoms with Crippen molar-refractivity contribution in [2.75, 3.05) is 6.54 Å². The van der Waals surface area contributed by atoms with Crippen LogP contribution in [0.15, 0.2) is 36.5 Å². The molecule has 2 N–H and O–H groups in total. The molecule has 0 saturated carbocycles. The van der Waals surface area contributed by atoms with Crippen LogP contribution in [-0.2, 0) is 5.67 Å². The quantitative estimate of drug-likeness (QED) is 0.900. The third kappa shape index (κ3) is 2.01. The van der Waals surface area contributed by atoms with Crippen LogP contribution in [0.3, 0.4) is 0 Å². The second kappa shape index (κ2) is 4.86. The lowest BCUT2D eigenvalue weighted by Gasteiger charge is -2.27. The van der Waals surface area contributed by atoms with Gasteiger partial charge >= 0.3 is 0 Å². The minimum absolute atomic E-state index is 0.0924. The first-order valence-corrected chi connectivity index (χ1v) is 5.95. The largest absolute Gasteiger partial charge is 0.327 e. The summed E-state index contributed by atoms with van der Waals surface area (Å²) in [5.41, 5.74) is 5.15. The highest BCUT2D eigenvalue weighted by Crippen LogP contribution is 2.33. The van der Waals surface area contributed by atoms with Crippen LogP contribution in [0.1, 0.15) is 19.5 Å². The van der Waals surface area contributed by atoms with E-state index in [2.05, 4.69) is 10.3 Å². The standard InChI is InChI=1S/C13H17FN4/c1-10(2)13(14,9-15)12-8-16-17-18(12)11-6-4-3-5-7-11/h3-8,10H,9,15H2,1-2H3. The Morgan fingerprint density at radius 2 is 2.00 bits per heavy atom. The number of nitrogens with zero attached hydrogens (tertiary/aromatic N) is 3. The number of halogens is 1. The number of nitrogens with two attached hydrogens (primary N) is 1. The minimum atomic E-state index is -1.63. The fraction of sp³-hybridized carbons (Fsp3) is 0.385. The summed E-state index contributed by atoms with van der Waals surface area (Å²) in [6.07, 6.45) is 1.44. The summed E-state index contributed by atoms with van der Waals surface area (Å²) in [5.74, 6) is -0.247. The molecule has 2 rings (SSSR count). The van der Waals surface area contributed by atoms with E-state index in [0.717, 1.165) is 5.69 Å². The fourth-order valence-electron chi connectivity index (χ4n) is 1.91. The molecular formula is C13H17FN4. The zero-order valence-corrected chi connectivity index (χ0v) is 10.5. The van der Waals surface area contributed by atoms with E-state index in [0.29, 0.717) is 5.69 Å². The third-order valence-corrected chi connectivity index (χ3v) is 3.19. The smallest absolute Gasteiger partial charge is 0.168 e. The average Bonchev–Trinajstić information content (AvgIpc) is 2.88. The molecule has 1 unspecified atom stereocenters. The molecule has 0 aliphatic rings. The molecule has 0 saturated heterocycles. The van der Waals surface area contributed by atoms with Gasteiger partial charge in [-0.1, -0.05) is 37.3 Å². The van der Waals surface area contributed by atoms with Crippen molar-refractivity contribution in [3.63, 3.8) is 0 Å². The van der Waals surface area contributed by atoms with Crippen LogP contribution in [0.5, 0.6) is 0 Å². The van der Waals surface area contributed by atoms with Crippen LogP contribution < -0.4 is 5.73 Å². The third-order valence-electron chi connectivity index (χ3n) is 3.19. The predicted octanol–water partition coefficient (Wildman–Crippen LogP) is 2.05. The SMILES string of the molecule is CC(C)C(F)(CN)c1cnnn1-c1ccccc1. The molecule has 0 aliphatic carbocycles. The van der Waals surface area contributed by atoms with Gasteiger partial charge in [-0.2, -0.15) is 0 Å². The van der Waals surface area contributed by atoms with Crippen LogP contribution in [0.4, 0.5) is 4.39 Å². The molecule has 18 heavy (non-hydrogen) atoms. The maximum atomic E-state index is 14.9. The number of aromatic nitrogens is 3. The van der Waals surface area contributed by atoms with Gasteiger partial charge in [0, 0.05) is 6.54 Å². The van der Waals surface area contributed by atoms with Crippen LogP contribution in [0, 0.1) is 5.92 Å². The number of hydrogen-bond donors (Lipinski definition) is 1. The number of para-hydroxylation sites is 1. The highest BCUT2D eigenvalue weighted by Gasteiger charge is 2.38. The van der Waals surface area contributed by atoms with Gasteiger partial charge in [-0.05, 0) is 18.1 Å². The summed E-state index contributed by atoms with van der Waals surface area (Å²) in [7, 11) is 0. The summed E-state index contributed by atoms with van der Waals surface area (Å²) in [5, 5.41) is 7.77. The van der Waals surface area contributed by atoms with Crippen molar-refractivity contribution in [3.8, 4) is 5.69 Å². The fourth-order valence-corrected chi connectivity index (χ4v) is 1.91. The molecule has 1 atom stereocenters. The summed E-state index contributed by atoms with van der Waals surface area (Å²) in [4.78, 5) is 0. The number of benzene rings is 1. The maximum absolute atomic E-state index is 14.9. The Bertz CT molecular complexity index is 509. The summed E-state index contributed by atoms with van der Waals surface area (Å²) >= 11 is 0. The molecule has 0 amide bonds. The topological polar surface area (TPSA) is 56.7 Å². The Morgan fingerprint density at radius 1 is 1.33 bits per heavy atom. The maximum Gasteiger partial charge on any atom is 0.168 e. The molecule has 0 radical (unpaired) electrons. The second-order valence-electron chi connectivity index (χ2n) is 4.59. The lowest BCUT2D eigenvalue weighted by Crippen LogP contribution is -2.37. The Balaban J connectivity index is 2.52. The molecule has 0 spiro atoms. The molecule has 2 aromatic rings. The van der Waals surface area contributed by atoms with Crippen LogP contribution >= 0.6 is 0 Å². The summed E-state index contributed by atoms with van der Waals surface area (Å²) in [6.45, 7) is 3.51. The van der Waals surface area contributed by atoms with E-state index >= 15 is 0 Å². The molecule has 0 aliphatic heterocycles. The molecular weight excluding hydrogens is 231 g/mol. The molecule has 0 bridgehead atoms. The average molecular weight is 248 g/mol. The summed E-state index contributed by atoms with van der Waals surface area (Å²) in [6, 6.07) is 9.36. The lowest BCUT2D eigenvalue weighted by atomic mass is 9.89. The normalized spacial score (nSPS) is 14.7. The van der Waals surface area contributed by atoms with Crippen molar-refractivity contribution in [1.82, 2.24) is 15.0 Å². The van der Waals surface area contributed by atoms with Crippen molar-refractivity contribution in [3.05, 3.63) is 42.2 Å². The van der Waals surface area contributed by atoms with Crippen molar-refractivity contribution in [1.29, 1.82) is 0 Å². The van der Waals surface area contributed by atoms with Gasteiger partial charge in [-0.15, -0.1) is 5.10 Å². The van der Waals surface area contributed by atoms with Crippen molar-refractivity contribution >= 4 is 0 Å². The van der Waals surface area contributed by atoms with Gasteiger partial charge in [-0.25, -0.2) is 9.07 Å². The summed E-state index contributed by atoms with van der Waals surface area (Å²) < 4.78 is 16.4. The van der Waals surface area contributed by atoms with E-state index in [4.69, 9.17) is 5.73 Å². The van der Waals surface area contributed by atoms with Crippen LogP contribution in [0.2, 0.25) is 0 Å². The Hall–Kier alpha value is -1.75. The lowest BCUT2D eigenvalue weighted by molar-refractivity contribution is 0.100. The zero-order valence-electron chi connectivity index (χ0n) is 10.5. The molecule has 5 heteroatoms. The molecule has 4 nitrogen and oxygen atoms in total. The minimum Gasteiger partial charge on any atom is -0.327 e. The van der Waals surface area contributed by atoms with Gasteiger partial charge in [0.15, 0.2) is 5.67 Å². The Labute approximate surface area is 106 Å². The van der Waals surface area contributed by atoms with Crippen LogP contribution in [0.25, 0.3) is 5.69 Å². The zero-order chi connectivity index (χ0) is 13.2. The first-order valence-electron chi connectivity index (χ1n) is 5.95. The van der Waals surface area contributed by atoms with E-state index in [1.807, 2.05) is 30.3 Å². The van der Waals surface area contributed by atoms with E-state index < -0.39 is 5.67 Å². The monoisotopic (exact) mass is 248 g/mol. The van der Waals surface area contributed by atoms with Gasteiger partial charge in [0.1, 0.15) is 5.69 Å². The first-order chi connectivity index (χ1) is 8.59. The van der Waals surface area contributed by atoms with E-state index in [1.165, 1.54) is 10.9 Å². The van der Waals surface area contributed by atoms with Crippen molar-refractivity contribution in [2.24, 2.45) is 11.7 Å². The van der Waals surface area contributed by atoms with Gasteiger partial charge in [0.2, 0.25) is 0 Å². The molecule has 96 valence electrons. The molecule has 0 fully saturated rings. The Morgan fingerprint density at radius 3 is 2.56 bits per heavy atom. The second-order valence-corrected chi connectivity index (χ2v) is 4.59. The highest BCUT2D eigenvalue weighted by molar-refractivity contribution is 5.33. The number of rotatable bonds is 4. The number of hydrogen-bond acceptors (Lipinski definition) is 3. The molecule has 1 aromatic heterocycles. The van der Waals surface area contributed by atoms with Crippen molar-refractivity contribution < 1.29 is 4.39 Å². The van der Waals surface area contributed by atoms with Crippen LogP contribution in [-0.4, -0.2) is 21.5 Å². The highest BCUT2D eigenvalue weighted by atomic mass is 19.1. The predicted molar refractivity (Wildman–Crippen MR) is 68.0 cm³/mol. The Kier molecular flexibility index (Phi) is 3.43.